The van der Waals surface area contributed by atoms with Crippen molar-refractivity contribution < 1.29 is 22.0 Å². The predicted octanol–water partition coefficient (Wildman–Crippen LogP) is 4.16. The smallest absolute Gasteiger partial charge is 0.286 e. The van der Waals surface area contributed by atoms with Crippen LogP contribution >= 0.6 is 11.6 Å². The summed E-state index contributed by atoms with van der Waals surface area (Å²) in [4.78, 5) is 16.7. The summed E-state index contributed by atoms with van der Waals surface area (Å²) in [6.45, 7) is 0. The van der Waals surface area contributed by atoms with Gasteiger partial charge in [-0.25, -0.2) is 9.37 Å². The normalized spacial score (nSPS) is 15.6. The zero-order valence-electron chi connectivity index (χ0n) is 15.4. The van der Waals surface area contributed by atoms with Crippen LogP contribution < -0.4 is 5.32 Å². The van der Waals surface area contributed by atoms with Crippen molar-refractivity contribution in [1.82, 2.24) is 4.98 Å². The van der Waals surface area contributed by atoms with Crippen LogP contribution in [0.15, 0.2) is 68.6 Å². The molecule has 1 aromatic heterocycles. The molecule has 2 aromatic carbocycles. The van der Waals surface area contributed by atoms with Crippen LogP contribution in [0.5, 0.6) is 0 Å². The van der Waals surface area contributed by atoms with Gasteiger partial charge in [-0.3, -0.25) is 4.79 Å². The molecule has 0 radical (unpaired) electrons. The van der Waals surface area contributed by atoms with Gasteiger partial charge < -0.3 is 9.73 Å². The van der Waals surface area contributed by atoms with Crippen LogP contribution in [-0.4, -0.2) is 25.0 Å². The first-order valence-corrected chi connectivity index (χ1v) is 10.8. The van der Waals surface area contributed by atoms with Crippen molar-refractivity contribution in [3.8, 4) is 0 Å². The first kappa shape index (κ1) is 20.2. The van der Waals surface area contributed by atoms with E-state index in [2.05, 4.69) is 14.7 Å². The maximum absolute atomic E-state index is 14.3. The number of rotatable bonds is 6. The number of carbonyl (C=O) groups is 1. The maximum atomic E-state index is 14.3. The number of hydrogen-bond acceptors (Lipinski definition) is 6. The Morgan fingerprint density at radius 3 is 2.77 bits per heavy atom. The molecule has 2 heterocycles. The highest BCUT2D eigenvalue weighted by atomic mass is 35.5. The molecule has 1 atom stereocenters. The van der Waals surface area contributed by atoms with Gasteiger partial charge in [-0.05, 0) is 30.7 Å². The molecule has 0 saturated carbocycles. The topological polar surface area (TPSA) is 102 Å². The molecule has 1 unspecified atom stereocenters. The summed E-state index contributed by atoms with van der Waals surface area (Å²) in [5.74, 6) is -1.64. The van der Waals surface area contributed by atoms with E-state index in [1.165, 1.54) is 36.7 Å². The number of anilines is 1. The van der Waals surface area contributed by atoms with Crippen molar-refractivity contribution >= 4 is 38.9 Å². The maximum Gasteiger partial charge on any atom is 0.286 e. The lowest BCUT2D eigenvalue weighted by Crippen LogP contribution is -2.29. The van der Waals surface area contributed by atoms with Crippen molar-refractivity contribution in [2.75, 3.05) is 5.32 Å². The Kier molecular flexibility index (Phi) is 5.40. The molecule has 7 nitrogen and oxygen atoms in total. The molecule has 3 aromatic rings. The number of benzene rings is 2. The van der Waals surface area contributed by atoms with Crippen LogP contribution in [0.4, 0.5) is 10.1 Å². The highest BCUT2D eigenvalue weighted by molar-refractivity contribution is 7.90. The standard InChI is InChI=1S/C20H15ClFN3O4S/c21-12-5-7-16-18(11-12)30(27,28)25-19(24-16)17(26)8-6-14(20-23-9-10-29-20)13-3-1-2-4-15(13)22/h1-5,7,9-11,14H,6,8H2,(H,24,25). The van der Waals surface area contributed by atoms with E-state index in [1.807, 2.05) is 0 Å². The first-order chi connectivity index (χ1) is 14.3. The number of ketones is 1. The summed E-state index contributed by atoms with van der Waals surface area (Å²) in [5.41, 5.74) is 0.551. The van der Waals surface area contributed by atoms with Gasteiger partial charge in [-0.2, -0.15) is 8.42 Å². The molecule has 10 heteroatoms. The van der Waals surface area contributed by atoms with E-state index in [1.54, 1.807) is 18.2 Å². The molecule has 1 aliphatic rings. The molecular formula is C20H15ClFN3O4S. The van der Waals surface area contributed by atoms with E-state index in [4.69, 9.17) is 16.0 Å². The molecule has 0 saturated heterocycles. The quantitative estimate of drug-likeness (QED) is 0.608. The number of oxazole rings is 1. The Bertz CT molecular complexity index is 1240. The van der Waals surface area contributed by atoms with Crippen molar-refractivity contribution in [2.45, 2.75) is 23.7 Å². The Labute approximate surface area is 176 Å². The number of nitrogens with zero attached hydrogens (tertiary/aromatic N) is 2. The fourth-order valence-corrected chi connectivity index (χ4v) is 4.62. The van der Waals surface area contributed by atoms with Crippen molar-refractivity contribution in [2.24, 2.45) is 4.40 Å². The lowest BCUT2D eigenvalue weighted by atomic mass is 9.92. The van der Waals surface area contributed by atoms with Crippen LogP contribution in [0, 0.1) is 5.82 Å². The van der Waals surface area contributed by atoms with E-state index in [-0.39, 0.29) is 40.2 Å². The van der Waals surface area contributed by atoms with Gasteiger partial charge >= 0.3 is 0 Å². The van der Waals surface area contributed by atoms with E-state index >= 15 is 0 Å². The van der Waals surface area contributed by atoms with Crippen LogP contribution in [0.1, 0.15) is 30.2 Å². The fourth-order valence-electron chi connectivity index (χ4n) is 3.22. The predicted molar refractivity (Wildman–Crippen MR) is 109 cm³/mol. The molecule has 0 bridgehead atoms. The summed E-state index contributed by atoms with van der Waals surface area (Å²) < 4.78 is 48.1. The molecule has 0 aliphatic carbocycles. The molecule has 0 spiro atoms. The number of amidine groups is 1. The first-order valence-electron chi connectivity index (χ1n) is 8.94. The lowest BCUT2D eigenvalue weighted by molar-refractivity contribution is -0.113. The van der Waals surface area contributed by atoms with Crippen molar-refractivity contribution in [3.63, 3.8) is 0 Å². The van der Waals surface area contributed by atoms with Gasteiger partial charge in [0.1, 0.15) is 17.0 Å². The summed E-state index contributed by atoms with van der Waals surface area (Å²) in [6, 6.07) is 10.4. The number of hydrogen-bond donors (Lipinski definition) is 1. The third kappa shape index (κ3) is 3.99. The largest absolute Gasteiger partial charge is 0.448 e. The summed E-state index contributed by atoms with van der Waals surface area (Å²) in [6.07, 6.45) is 2.85. The molecule has 154 valence electrons. The monoisotopic (exact) mass is 447 g/mol. The van der Waals surface area contributed by atoms with Gasteiger partial charge in [-0.1, -0.05) is 29.8 Å². The van der Waals surface area contributed by atoms with E-state index in [0.717, 1.165) is 0 Å². The number of sulfonamides is 1. The second-order valence-corrected chi connectivity index (χ2v) is 8.60. The minimum absolute atomic E-state index is 0.101. The van der Waals surface area contributed by atoms with E-state index in [0.29, 0.717) is 5.56 Å². The molecule has 4 rings (SSSR count). The van der Waals surface area contributed by atoms with Crippen LogP contribution in [-0.2, 0) is 14.8 Å². The molecular weight excluding hydrogens is 433 g/mol. The van der Waals surface area contributed by atoms with Crippen LogP contribution in [0.2, 0.25) is 5.02 Å². The molecule has 30 heavy (non-hydrogen) atoms. The number of halogens is 2. The second-order valence-electron chi connectivity index (χ2n) is 6.59. The highest BCUT2D eigenvalue weighted by Crippen LogP contribution is 2.32. The SMILES string of the molecule is O=C(CCC(c1ncco1)c1ccccc1F)C1=NS(=O)(=O)c2cc(Cl)ccc2N1. The zero-order valence-corrected chi connectivity index (χ0v) is 17.0. The van der Waals surface area contributed by atoms with Gasteiger partial charge in [0.2, 0.25) is 5.89 Å². The van der Waals surface area contributed by atoms with Gasteiger partial charge in [0.15, 0.2) is 11.6 Å². The van der Waals surface area contributed by atoms with Crippen LogP contribution in [0.25, 0.3) is 0 Å². The Balaban J connectivity index is 1.57. The van der Waals surface area contributed by atoms with Gasteiger partial charge in [0.25, 0.3) is 10.0 Å². The third-order valence-electron chi connectivity index (χ3n) is 4.64. The number of Topliss-reactive ketones (excluding diaryl/α,β-unsaturated/α-hetero) is 1. The van der Waals surface area contributed by atoms with Crippen molar-refractivity contribution in [3.05, 3.63) is 77.2 Å². The zero-order chi connectivity index (χ0) is 21.3. The third-order valence-corrected chi connectivity index (χ3v) is 6.19. The van der Waals surface area contributed by atoms with Crippen LogP contribution in [0.3, 0.4) is 0 Å². The molecule has 1 N–H and O–H groups in total. The van der Waals surface area contributed by atoms with Gasteiger partial charge in [-0.15, -0.1) is 4.40 Å². The molecule has 1 aliphatic heterocycles. The molecule has 0 amide bonds. The minimum atomic E-state index is -4.07. The fraction of sp³-hybridized carbons (Fsp3) is 0.150. The summed E-state index contributed by atoms with van der Waals surface area (Å²) in [7, 11) is -4.07. The molecule has 0 fully saturated rings. The second kappa shape index (κ2) is 8.00. The van der Waals surface area contributed by atoms with E-state index in [9.17, 15) is 17.6 Å². The van der Waals surface area contributed by atoms with E-state index < -0.39 is 27.5 Å². The number of nitrogens with one attached hydrogen (secondary N) is 1. The minimum Gasteiger partial charge on any atom is -0.448 e. The average molecular weight is 448 g/mol. The summed E-state index contributed by atoms with van der Waals surface area (Å²) in [5, 5.41) is 2.98. The lowest BCUT2D eigenvalue weighted by Gasteiger charge is -2.18. The number of aromatic nitrogens is 1. The Morgan fingerprint density at radius 2 is 2.03 bits per heavy atom. The summed E-state index contributed by atoms with van der Waals surface area (Å²) >= 11 is 5.85. The van der Waals surface area contributed by atoms with Gasteiger partial charge in [0, 0.05) is 17.0 Å². The Hall–Kier alpha value is -3.04. The van der Waals surface area contributed by atoms with Gasteiger partial charge in [0.05, 0.1) is 17.8 Å². The van der Waals surface area contributed by atoms with Crippen molar-refractivity contribution in [1.29, 1.82) is 0 Å². The number of fused-ring (bicyclic) bond motifs is 1. The highest BCUT2D eigenvalue weighted by Gasteiger charge is 2.29. The number of carbonyl (C=O) groups excluding carboxylic acids is 1. The average Bonchev–Trinajstić information content (AvgIpc) is 3.24. The Morgan fingerprint density at radius 1 is 1.23 bits per heavy atom.